The second-order valence-electron chi connectivity index (χ2n) is 4.92. The molecular formula is C17H15FN2O2. The lowest BCUT2D eigenvalue weighted by molar-refractivity contribution is -0.114. The van der Waals surface area contributed by atoms with Crippen LogP contribution in [0.3, 0.4) is 0 Å². The minimum Gasteiger partial charge on any atom is -0.354 e. The van der Waals surface area contributed by atoms with Gasteiger partial charge >= 0.3 is 0 Å². The standard InChI is InChI=1S/C17H15FN2O2/c1-19-16(21)14-15(11-7-9-13(18)10-8-11)22-17(20-14)12-5-3-2-4-6-12/h2-10,15,17H,1H3,(H,19,21)/t15-,17+/m1/s1. The molecule has 1 amide bonds. The van der Waals surface area contributed by atoms with Gasteiger partial charge in [0.1, 0.15) is 17.6 Å². The lowest BCUT2D eigenvalue weighted by Gasteiger charge is -2.14. The molecule has 0 radical (unpaired) electrons. The molecule has 0 unspecified atom stereocenters. The van der Waals surface area contributed by atoms with Crippen molar-refractivity contribution in [3.8, 4) is 0 Å². The number of carbonyl (C=O) groups is 1. The number of aliphatic imine (C=N–C) groups is 1. The molecular weight excluding hydrogens is 283 g/mol. The number of amides is 1. The predicted molar refractivity (Wildman–Crippen MR) is 80.9 cm³/mol. The molecule has 2 atom stereocenters. The molecule has 0 saturated carbocycles. The van der Waals surface area contributed by atoms with E-state index in [1.54, 1.807) is 19.2 Å². The van der Waals surface area contributed by atoms with Crippen LogP contribution in [-0.4, -0.2) is 18.7 Å². The molecule has 3 rings (SSSR count). The molecule has 0 bridgehead atoms. The number of carbonyl (C=O) groups excluding carboxylic acids is 1. The summed E-state index contributed by atoms with van der Waals surface area (Å²) in [4.78, 5) is 16.4. The Morgan fingerprint density at radius 2 is 1.77 bits per heavy atom. The zero-order valence-corrected chi connectivity index (χ0v) is 12.0. The molecule has 1 heterocycles. The van der Waals surface area contributed by atoms with Crippen molar-refractivity contribution in [3.05, 3.63) is 71.5 Å². The van der Waals surface area contributed by atoms with Gasteiger partial charge in [-0.2, -0.15) is 0 Å². The third kappa shape index (κ3) is 2.76. The Bertz CT molecular complexity index is 698. The van der Waals surface area contributed by atoms with Crippen LogP contribution in [0.1, 0.15) is 23.5 Å². The Kier molecular flexibility index (Phi) is 3.98. The van der Waals surface area contributed by atoms with Crippen molar-refractivity contribution >= 4 is 11.6 Å². The Morgan fingerprint density at radius 1 is 1.09 bits per heavy atom. The Morgan fingerprint density at radius 3 is 2.41 bits per heavy atom. The quantitative estimate of drug-likeness (QED) is 0.947. The van der Waals surface area contributed by atoms with Gasteiger partial charge in [0.15, 0.2) is 6.23 Å². The van der Waals surface area contributed by atoms with Crippen LogP contribution in [0.4, 0.5) is 4.39 Å². The third-order valence-electron chi connectivity index (χ3n) is 3.49. The fourth-order valence-electron chi connectivity index (χ4n) is 2.37. The number of nitrogens with one attached hydrogen (secondary N) is 1. The van der Waals surface area contributed by atoms with E-state index in [4.69, 9.17) is 4.74 Å². The summed E-state index contributed by atoms with van der Waals surface area (Å²) in [6.45, 7) is 0. The zero-order valence-electron chi connectivity index (χ0n) is 12.0. The summed E-state index contributed by atoms with van der Waals surface area (Å²) in [5.74, 6) is -0.632. The number of nitrogens with zero attached hydrogens (tertiary/aromatic N) is 1. The molecule has 5 heteroatoms. The lowest BCUT2D eigenvalue weighted by Crippen LogP contribution is -2.30. The van der Waals surface area contributed by atoms with Crippen molar-refractivity contribution < 1.29 is 13.9 Å². The van der Waals surface area contributed by atoms with Crippen molar-refractivity contribution in [2.24, 2.45) is 4.99 Å². The largest absolute Gasteiger partial charge is 0.354 e. The molecule has 1 aliphatic rings. The van der Waals surface area contributed by atoms with Crippen LogP contribution >= 0.6 is 0 Å². The Labute approximate surface area is 127 Å². The molecule has 0 fully saturated rings. The van der Waals surface area contributed by atoms with Crippen molar-refractivity contribution in [2.75, 3.05) is 7.05 Å². The average Bonchev–Trinajstić information content (AvgIpc) is 3.01. The second-order valence-corrected chi connectivity index (χ2v) is 4.92. The summed E-state index contributed by atoms with van der Waals surface area (Å²) in [5, 5.41) is 2.57. The number of hydrogen-bond donors (Lipinski definition) is 1. The summed E-state index contributed by atoms with van der Waals surface area (Å²) in [6, 6.07) is 15.4. The van der Waals surface area contributed by atoms with E-state index in [-0.39, 0.29) is 11.7 Å². The molecule has 0 aliphatic carbocycles. The fraction of sp³-hybridized carbons (Fsp3) is 0.176. The van der Waals surface area contributed by atoms with Crippen LogP contribution in [-0.2, 0) is 9.53 Å². The highest BCUT2D eigenvalue weighted by Crippen LogP contribution is 2.35. The van der Waals surface area contributed by atoms with E-state index in [0.29, 0.717) is 11.3 Å². The first-order valence-corrected chi connectivity index (χ1v) is 6.94. The summed E-state index contributed by atoms with van der Waals surface area (Å²) in [5.41, 5.74) is 1.86. The summed E-state index contributed by atoms with van der Waals surface area (Å²) < 4.78 is 19.0. The number of rotatable bonds is 3. The van der Waals surface area contributed by atoms with Crippen LogP contribution < -0.4 is 5.32 Å². The molecule has 4 nitrogen and oxygen atoms in total. The highest BCUT2D eigenvalue weighted by atomic mass is 19.1. The topological polar surface area (TPSA) is 50.7 Å². The summed E-state index contributed by atoms with van der Waals surface area (Å²) >= 11 is 0. The van der Waals surface area contributed by atoms with Gasteiger partial charge in [-0.25, -0.2) is 9.38 Å². The minimum atomic E-state index is -0.606. The number of ether oxygens (including phenoxy) is 1. The number of halogens is 1. The molecule has 1 aliphatic heterocycles. The third-order valence-corrected chi connectivity index (χ3v) is 3.49. The minimum absolute atomic E-state index is 0.294. The van der Waals surface area contributed by atoms with Gasteiger partial charge in [-0.3, -0.25) is 4.79 Å². The second kappa shape index (κ2) is 6.07. The van der Waals surface area contributed by atoms with E-state index in [9.17, 15) is 9.18 Å². The maximum Gasteiger partial charge on any atom is 0.268 e. The van der Waals surface area contributed by atoms with E-state index in [2.05, 4.69) is 10.3 Å². The van der Waals surface area contributed by atoms with Crippen LogP contribution in [0.15, 0.2) is 59.6 Å². The molecule has 22 heavy (non-hydrogen) atoms. The van der Waals surface area contributed by atoms with Gasteiger partial charge in [-0.1, -0.05) is 42.5 Å². The van der Waals surface area contributed by atoms with E-state index in [0.717, 1.165) is 5.56 Å². The van der Waals surface area contributed by atoms with Crippen molar-refractivity contribution in [1.29, 1.82) is 0 Å². The van der Waals surface area contributed by atoms with E-state index in [1.165, 1.54) is 12.1 Å². The smallest absolute Gasteiger partial charge is 0.268 e. The normalized spacial score (nSPS) is 20.5. The molecule has 112 valence electrons. The van der Waals surface area contributed by atoms with E-state index < -0.39 is 12.3 Å². The van der Waals surface area contributed by atoms with Crippen molar-refractivity contribution in [1.82, 2.24) is 5.32 Å². The fourth-order valence-corrected chi connectivity index (χ4v) is 2.37. The molecule has 0 spiro atoms. The van der Waals surface area contributed by atoms with Gasteiger partial charge in [0.05, 0.1) is 0 Å². The van der Waals surface area contributed by atoms with Gasteiger partial charge in [-0.15, -0.1) is 0 Å². The summed E-state index contributed by atoms with van der Waals surface area (Å²) in [6.07, 6.45) is -1.14. The molecule has 0 saturated heterocycles. The molecule has 0 aromatic heterocycles. The molecule has 2 aromatic rings. The van der Waals surface area contributed by atoms with E-state index >= 15 is 0 Å². The predicted octanol–water partition coefficient (Wildman–Crippen LogP) is 2.78. The average molecular weight is 298 g/mol. The number of hydrogen-bond acceptors (Lipinski definition) is 3. The van der Waals surface area contributed by atoms with Crippen LogP contribution in [0.5, 0.6) is 0 Å². The summed E-state index contributed by atoms with van der Waals surface area (Å²) in [7, 11) is 1.54. The van der Waals surface area contributed by atoms with Gasteiger partial charge in [0, 0.05) is 12.6 Å². The monoisotopic (exact) mass is 298 g/mol. The van der Waals surface area contributed by atoms with Gasteiger partial charge in [0.2, 0.25) is 0 Å². The van der Waals surface area contributed by atoms with E-state index in [1.807, 2.05) is 30.3 Å². The van der Waals surface area contributed by atoms with Crippen molar-refractivity contribution in [3.63, 3.8) is 0 Å². The Hall–Kier alpha value is -2.53. The van der Waals surface area contributed by atoms with Gasteiger partial charge < -0.3 is 10.1 Å². The van der Waals surface area contributed by atoms with Gasteiger partial charge in [-0.05, 0) is 17.7 Å². The first kappa shape index (κ1) is 14.4. The van der Waals surface area contributed by atoms with Gasteiger partial charge in [0.25, 0.3) is 5.91 Å². The van der Waals surface area contributed by atoms with Crippen LogP contribution in [0.2, 0.25) is 0 Å². The molecule has 1 N–H and O–H groups in total. The highest BCUT2D eigenvalue weighted by Gasteiger charge is 2.34. The van der Waals surface area contributed by atoms with Crippen LogP contribution in [0, 0.1) is 5.82 Å². The SMILES string of the molecule is CNC(=O)C1=N[C@H](c2ccccc2)O[C@@H]1c1ccc(F)cc1. The maximum atomic E-state index is 13.1. The highest BCUT2D eigenvalue weighted by molar-refractivity contribution is 6.40. The lowest BCUT2D eigenvalue weighted by atomic mass is 10.0. The van der Waals surface area contributed by atoms with Crippen molar-refractivity contribution in [2.45, 2.75) is 12.3 Å². The Balaban J connectivity index is 1.95. The zero-order chi connectivity index (χ0) is 15.5. The first-order valence-electron chi connectivity index (χ1n) is 6.94. The first-order chi connectivity index (χ1) is 10.7. The van der Waals surface area contributed by atoms with Crippen LogP contribution in [0.25, 0.3) is 0 Å². The number of benzene rings is 2. The molecule has 2 aromatic carbocycles. The maximum absolute atomic E-state index is 13.1.